The summed E-state index contributed by atoms with van der Waals surface area (Å²) in [5, 5.41) is 0. The van der Waals surface area contributed by atoms with E-state index in [9.17, 15) is 0 Å². The summed E-state index contributed by atoms with van der Waals surface area (Å²) in [6.07, 6.45) is 8.60. The van der Waals surface area contributed by atoms with Gasteiger partial charge in [0.05, 0.1) is 0 Å². The van der Waals surface area contributed by atoms with E-state index < -0.39 is 0 Å². The van der Waals surface area contributed by atoms with E-state index in [0.717, 1.165) is 11.8 Å². The van der Waals surface area contributed by atoms with E-state index in [-0.39, 0.29) is 0 Å². The highest BCUT2D eigenvalue weighted by Crippen LogP contribution is 2.42. The predicted molar refractivity (Wildman–Crippen MR) is 53.6 cm³/mol. The standard InChI is InChI=1S/C13H13/c1-2-6-12-10(4-1)8-9-11-5-3-7-13(11)12/h1,3-6,11,13H,7-9H2. The normalized spacial score (nSPS) is 29.8. The Hall–Kier alpha value is -1.04. The Morgan fingerprint density at radius 2 is 2.38 bits per heavy atom. The number of allylic oxidation sites excluding steroid dienone is 2. The predicted octanol–water partition coefficient (Wildman–Crippen LogP) is 3.09. The van der Waals surface area contributed by atoms with Gasteiger partial charge in [-0.05, 0) is 48.3 Å². The summed E-state index contributed by atoms with van der Waals surface area (Å²) in [6, 6.07) is 9.68. The first-order valence-corrected chi connectivity index (χ1v) is 5.11. The van der Waals surface area contributed by atoms with E-state index in [0.29, 0.717) is 0 Å². The molecule has 2 unspecified atom stereocenters. The Kier molecular flexibility index (Phi) is 1.55. The van der Waals surface area contributed by atoms with Crippen molar-refractivity contribution in [3.05, 3.63) is 47.5 Å². The quantitative estimate of drug-likeness (QED) is 0.523. The van der Waals surface area contributed by atoms with Crippen LogP contribution >= 0.6 is 0 Å². The number of rotatable bonds is 0. The van der Waals surface area contributed by atoms with Crippen molar-refractivity contribution in [2.45, 2.75) is 25.2 Å². The molecular formula is C13H13. The summed E-state index contributed by atoms with van der Waals surface area (Å²) < 4.78 is 0. The van der Waals surface area contributed by atoms with Gasteiger partial charge in [-0.1, -0.05) is 30.4 Å². The van der Waals surface area contributed by atoms with Gasteiger partial charge >= 0.3 is 0 Å². The SMILES string of the molecule is [c]1ccc2c(c1)C1CC=CC1CC2. The van der Waals surface area contributed by atoms with Crippen molar-refractivity contribution in [1.29, 1.82) is 0 Å². The van der Waals surface area contributed by atoms with Crippen LogP contribution in [-0.2, 0) is 6.42 Å². The second-order valence-corrected chi connectivity index (χ2v) is 4.10. The van der Waals surface area contributed by atoms with Gasteiger partial charge in [0.2, 0.25) is 0 Å². The van der Waals surface area contributed by atoms with Crippen molar-refractivity contribution < 1.29 is 0 Å². The first-order valence-electron chi connectivity index (χ1n) is 5.11. The molecule has 0 nitrogen and oxygen atoms in total. The third kappa shape index (κ3) is 1.05. The number of fused-ring (bicyclic) bond motifs is 3. The molecule has 1 aromatic rings. The molecule has 13 heavy (non-hydrogen) atoms. The number of hydrogen-bond donors (Lipinski definition) is 0. The molecule has 0 heterocycles. The van der Waals surface area contributed by atoms with E-state index >= 15 is 0 Å². The Labute approximate surface area is 79.3 Å². The van der Waals surface area contributed by atoms with Gasteiger partial charge in [0, 0.05) is 0 Å². The topological polar surface area (TPSA) is 0 Å². The molecule has 0 aliphatic heterocycles. The molecule has 2 aliphatic carbocycles. The maximum absolute atomic E-state index is 3.21. The molecule has 2 aliphatic rings. The van der Waals surface area contributed by atoms with Gasteiger partial charge in [-0.3, -0.25) is 0 Å². The third-order valence-electron chi connectivity index (χ3n) is 3.43. The van der Waals surface area contributed by atoms with Gasteiger partial charge in [-0.25, -0.2) is 0 Å². The van der Waals surface area contributed by atoms with Crippen LogP contribution in [0.4, 0.5) is 0 Å². The van der Waals surface area contributed by atoms with E-state index in [1.54, 1.807) is 11.1 Å². The number of benzene rings is 1. The second kappa shape index (κ2) is 2.73. The lowest BCUT2D eigenvalue weighted by Gasteiger charge is -2.27. The maximum atomic E-state index is 3.21. The van der Waals surface area contributed by atoms with E-state index in [1.807, 2.05) is 6.07 Å². The van der Waals surface area contributed by atoms with Crippen molar-refractivity contribution in [1.82, 2.24) is 0 Å². The largest absolute Gasteiger partial charge is 0.0876 e. The Balaban J connectivity index is 2.08. The Bertz CT molecular complexity index is 349. The lowest BCUT2D eigenvalue weighted by molar-refractivity contribution is 0.472. The molecular weight excluding hydrogens is 156 g/mol. The highest BCUT2D eigenvalue weighted by Gasteiger charge is 2.29. The van der Waals surface area contributed by atoms with Crippen molar-refractivity contribution in [2.24, 2.45) is 5.92 Å². The fraction of sp³-hybridized carbons (Fsp3) is 0.385. The fourth-order valence-corrected chi connectivity index (χ4v) is 2.73. The number of aryl methyl sites for hydroxylation is 1. The first-order chi connectivity index (χ1) is 6.45. The molecule has 1 aromatic carbocycles. The Morgan fingerprint density at radius 1 is 1.38 bits per heavy atom. The zero-order chi connectivity index (χ0) is 8.67. The average Bonchev–Trinajstić information content (AvgIpc) is 2.65. The summed E-state index contributed by atoms with van der Waals surface area (Å²) in [5.74, 6) is 1.60. The van der Waals surface area contributed by atoms with Crippen molar-refractivity contribution >= 4 is 0 Å². The minimum Gasteiger partial charge on any atom is -0.0876 e. The smallest absolute Gasteiger partial charge is 0.00614 e. The number of hydrogen-bond acceptors (Lipinski definition) is 0. The van der Waals surface area contributed by atoms with Crippen LogP contribution in [0.3, 0.4) is 0 Å². The molecule has 0 saturated carbocycles. The van der Waals surface area contributed by atoms with Crippen molar-refractivity contribution in [3.8, 4) is 0 Å². The summed E-state index contributed by atoms with van der Waals surface area (Å²) in [6.45, 7) is 0. The van der Waals surface area contributed by atoms with E-state index in [4.69, 9.17) is 0 Å². The van der Waals surface area contributed by atoms with E-state index in [2.05, 4.69) is 30.4 Å². The molecule has 0 bridgehead atoms. The highest BCUT2D eigenvalue weighted by atomic mass is 14.3. The fourth-order valence-electron chi connectivity index (χ4n) is 2.73. The van der Waals surface area contributed by atoms with Crippen LogP contribution in [-0.4, -0.2) is 0 Å². The van der Waals surface area contributed by atoms with Gasteiger partial charge in [0.25, 0.3) is 0 Å². The van der Waals surface area contributed by atoms with Crippen LogP contribution in [0.1, 0.15) is 29.9 Å². The van der Waals surface area contributed by atoms with Crippen molar-refractivity contribution in [2.75, 3.05) is 0 Å². The molecule has 1 radical (unpaired) electrons. The van der Waals surface area contributed by atoms with Crippen LogP contribution in [0.15, 0.2) is 30.4 Å². The second-order valence-electron chi connectivity index (χ2n) is 4.10. The average molecular weight is 169 g/mol. The zero-order valence-corrected chi connectivity index (χ0v) is 7.66. The third-order valence-corrected chi connectivity index (χ3v) is 3.43. The molecule has 2 atom stereocenters. The summed E-state index contributed by atoms with van der Waals surface area (Å²) >= 11 is 0. The lowest BCUT2D eigenvalue weighted by atomic mass is 9.77. The van der Waals surface area contributed by atoms with Crippen LogP contribution in [0.2, 0.25) is 0 Å². The molecule has 65 valence electrons. The molecule has 0 fully saturated rings. The van der Waals surface area contributed by atoms with Crippen LogP contribution < -0.4 is 0 Å². The summed E-state index contributed by atoms with van der Waals surface area (Å²) in [7, 11) is 0. The minimum atomic E-state index is 0.779. The lowest BCUT2D eigenvalue weighted by Crippen LogP contribution is -2.15. The Morgan fingerprint density at radius 3 is 3.38 bits per heavy atom. The highest BCUT2D eigenvalue weighted by molar-refractivity contribution is 5.36. The molecule has 0 aromatic heterocycles. The molecule has 0 heteroatoms. The van der Waals surface area contributed by atoms with Crippen LogP contribution in [0.5, 0.6) is 0 Å². The minimum absolute atomic E-state index is 0.779. The van der Waals surface area contributed by atoms with Crippen molar-refractivity contribution in [3.63, 3.8) is 0 Å². The van der Waals surface area contributed by atoms with Crippen LogP contribution in [0.25, 0.3) is 0 Å². The van der Waals surface area contributed by atoms with Gasteiger partial charge in [0.15, 0.2) is 0 Å². The molecule has 3 rings (SSSR count). The van der Waals surface area contributed by atoms with Crippen LogP contribution in [0, 0.1) is 12.0 Å². The summed E-state index contributed by atoms with van der Waals surface area (Å²) in [4.78, 5) is 0. The van der Waals surface area contributed by atoms with Gasteiger partial charge in [-0.15, -0.1) is 0 Å². The zero-order valence-electron chi connectivity index (χ0n) is 7.66. The monoisotopic (exact) mass is 169 g/mol. The first kappa shape index (κ1) is 7.37. The molecule has 0 spiro atoms. The van der Waals surface area contributed by atoms with Gasteiger partial charge in [0.1, 0.15) is 0 Å². The molecule has 0 amide bonds. The van der Waals surface area contributed by atoms with Gasteiger partial charge < -0.3 is 0 Å². The van der Waals surface area contributed by atoms with Gasteiger partial charge in [-0.2, -0.15) is 0 Å². The molecule has 0 N–H and O–H groups in total. The van der Waals surface area contributed by atoms with E-state index in [1.165, 1.54) is 19.3 Å². The summed E-state index contributed by atoms with van der Waals surface area (Å²) in [5.41, 5.74) is 3.12. The maximum Gasteiger partial charge on any atom is -0.00614 e. The molecule has 0 saturated heterocycles.